The fraction of sp³-hybridized carbons (Fsp3) is 0.560. The normalized spacial score (nSPS) is 28.0. The van der Waals surface area contributed by atoms with E-state index in [0.717, 1.165) is 15.4 Å². The maximum Gasteiger partial charge on any atom is 0.327 e. The summed E-state index contributed by atoms with van der Waals surface area (Å²) < 4.78 is 0. The molecule has 22 heteroatoms. The number of rotatable bonds is 13. The van der Waals surface area contributed by atoms with Crippen LogP contribution in [-0.2, 0) is 49.6 Å². The number of aliphatic carboxylic acids is 2. The van der Waals surface area contributed by atoms with E-state index in [-0.39, 0.29) is 43.6 Å². The third-order valence-corrected chi connectivity index (χ3v) is 13.2. The first-order valence-corrected chi connectivity index (χ1v) is 24.0. The van der Waals surface area contributed by atoms with Crippen LogP contribution in [0.25, 0.3) is 0 Å². The molecular weight excluding hydrogens is 933 g/mol. The quantitative estimate of drug-likeness (QED) is 0.0551. The lowest BCUT2D eigenvalue weighted by Crippen LogP contribution is -2.60. The topological polar surface area (TPSA) is 345 Å². The summed E-state index contributed by atoms with van der Waals surface area (Å²) in [5.74, 6) is -13.3. The molecule has 0 bridgehead atoms. The Hall–Kier alpha value is -7.10. The molecular formula is C50H74N10O12. The van der Waals surface area contributed by atoms with Crippen molar-refractivity contribution in [2.75, 3.05) is 20.6 Å². The molecule has 0 radical (unpaired) electrons. The van der Waals surface area contributed by atoms with Gasteiger partial charge in [0.05, 0.1) is 24.0 Å². The Morgan fingerprint density at radius 3 is 2.12 bits per heavy atom. The predicted octanol–water partition coefficient (Wildman–Crippen LogP) is 0.306. The van der Waals surface area contributed by atoms with Gasteiger partial charge in [-0.15, -0.1) is 0 Å². The zero-order chi connectivity index (χ0) is 54.4. The number of carboxylic acid groups (broad SMARTS) is 2. The van der Waals surface area contributed by atoms with Gasteiger partial charge >= 0.3 is 11.9 Å². The van der Waals surface area contributed by atoms with E-state index in [4.69, 9.17) is 11.5 Å². The third kappa shape index (κ3) is 16.5. The number of nitrogens with two attached hydrogens (primary N) is 2. The number of likely N-dealkylation sites (N-methyl/N-ethyl adjacent to an activating group) is 2. The van der Waals surface area contributed by atoms with Crippen LogP contribution in [-0.4, -0.2) is 147 Å². The third-order valence-electron chi connectivity index (χ3n) is 13.2. The van der Waals surface area contributed by atoms with Crippen molar-refractivity contribution in [2.24, 2.45) is 46.0 Å². The van der Waals surface area contributed by atoms with E-state index < -0.39 is 131 Å². The number of benzene rings is 1. The van der Waals surface area contributed by atoms with Crippen molar-refractivity contribution in [3.8, 4) is 0 Å². The number of guanidine groups is 1. The summed E-state index contributed by atoms with van der Waals surface area (Å²) in [6, 6.07) is 2.05. The van der Waals surface area contributed by atoms with Gasteiger partial charge in [0.2, 0.25) is 35.4 Å². The van der Waals surface area contributed by atoms with Gasteiger partial charge in [0.1, 0.15) is 35.4 Å². The summed E-state index contributed by atoms with van der Waals surface area (Å²) >= 11 is 0. The molecule has 1 spiro atoms. The van der Waals surface area contributed by atoms with Crippen molar-refractivity contribution in [2.45, 2.75) is 129 Å². The van der Waals surface area contributed by atoms with Gasteiger partial charge in [0.15, 0.2) is 5.96 Å². The van der Waals surface area contributed by atoms with E-state index in [0.29, 0.717) is 12.0 Å². The molecule has 1 heterocycles. The maximum atomic E-state index is 14.8. The van der Waals surface area contributed by atoms with Gasteiger partial charge in [0, 0.05) is 33.0 Å². The summed E-state index contributed by atoms with van der Waals surface area (Å²) in [6.45, 7) is 14.7. The number of amides is 7. The number of carbonyl (C=O) groups is 9. The molecule has 3 rings (SSSR count). The highest BCUT2D eigenvalue weighted by Crippen LogP contribution is 2.47. The molecule has 1 aliphatic carbocycles. The van der Waals surface area contributed by atoms with Crippen LogP contribution in [0.4, 0.5) is 0 Å². The van der Waals surface area contributed by atoms with E-state index in [1.807, 2.05) is 37.3 Å². The molecule has 1 aromatic carbocycles. The molecule has 1 saturated carbocycles. The number of carbonyl (C=O) groups excluding carboxylic acids is 7. The first-order chi connectivity index (χ1) is 33.6. The summed E-state index contributed by atoms with van der Waals surface area (Å²) in [5, 5.41) is 44.6. The molecule has 1 saturated heterocycles. The molecule has 22 nitrogen and oxygen atoms in total. The Morgan fingerprint density at radius 1 is 0.903 bits per heavy atom. The van der Waals surface area contributed by atoms with Gasteiger partial charge in [0.25, 0.3) is 5.91 Å². The zero-order valence-electron chi connectivity index (χ0n) is 42.6. The van der Waals surface area contributed by atoms with E-state index in [1.54, 1.807) is 32.9 Å². The minimum Gasteiger partial charge on any atom is -0.480 e. The highest BCUT2D eigenvalue weighted by Gasteiger charge is 2.61. The van der Waals surface area contributed by atoms with Crippen molar-refractivity contribution >= 4 is 59.2 Å². The number of nitrogens with one attached hydrogen (secondary N) is 5. The van der Waals surface area contributed by atoms with Gasteiger partial charge < -0.3 is 63.2 Å². The number of nitrogens with zero attached hydrogens (tertiary/aromatic N) is 3. The van der Waals surface area contributed by atoms with Crippen LogP contribution in [0.2, 0.25) is 0 Å². The van der Waals surface area contributed by atoms with Gasteiger partial charge in [-0.1, -0.05) is 95.3 Å². The molecule has 1 aliphatic heterocycles. The van der Waals surface area contributed by atoms with Crippen LogP contribution in [0.1, 0.15) is 86.1 Å². The van der Waals surface area contributed by atoms with Crippen LogP contribution >= 0.6 is 0 Å². The minimum atomic E-state index is -1.89. The Balaban J connectivity index is 2.17. The second-order valence-corrected chi connectivity index (χ2v) is 19.4. The number of allylic oxidation sites excluding steroid dienone is 2. The fourth-order valence-electron chi connectivity index (χ4n) is 8.34. The van der Waals surface area contributed by atoms with E-state index in [1.165, 1.54) is 40.9 Å². The van der Waals surface area contributed by atoms with Crippen LogP contribution in [0, 0.1) is 29.6 Å². The molecule has 11 atom stereocenters. The summed E-state index contributed by atoms with van der Waals surface area (Å²) in [4.78, 5) is 129. The molecule has 2 unspecified atom stereocenters. The molecule has 396 valence electrons. The summed E-state index contributed by atoms with van der Waals surface area (Å²) in [7, 11) is 2.45. The smallest absolute Gasteiger partial charge is 0.327 e. The van der Waals surface area contributed by atoms with Crippen molar-refractivity contribution in [3.05, 3.63) is 72.0 Å². The molecule has 72 heavy (non-hydrogen) atoms. The number of aliphatic imine (C=N–C) groups is 1. The minimum absolute atomic E-state index is 0.00345. The average Bonchev–Trinajstić information content (AvgIpc) is 4.02. The number of hydrogen-bond donors (Lipinski definition) is 10. The lowest BCUT2D eigenvalue weighted by molar-refractivity contribution is -0.151. The van der Waals surface area contributed by atoms with E-state index >= 15 is 0 Å². The number of hydrogen-bond acceptors (Lipinski definition) is 11. The first-order valence-electron chi connectivity index (χ1n) is 24.0. The van der Waals surface area contributed by atoms with E-state index in [9.17, 15) is 58.5 Å². The SMILES string of the molecule is C=C1C(=O)N[C@H](C)C(=O)N[C@@H](CC(C)C)C(=O)N[C@@H](C(=O)O)[C@H](C)C(=O)NC2(CC2CCN=C(N)N)C(=O)N[C@@H](/C=C/C(C)=C/[C@H](C)[C@@H](O)Cc2ccccc2)[C@H](C)C(=O)N(C)[C@@H](C(=O)O)CCC(=O)N1C. The Kier molecular flexibility index (Phi) is 21.7. The first kappa shape index (κ1) is 59.2. The van der Waals surface area contributed by atoms with Gasteiger partial charge in [-0.05, 0) is 63.4 Å². The lowest BCUT2D eigenvalue weighted by atomic mass is 9.94. The molecule has 2 fully saturated rings. The highest BCUT2D eigenvalue weighted by molar-refractivity contribution is 6.01. The molecule has 2 aliphatic rings. The van der Waals surface area contributed by atoms with Crippen molar-refractivity contribution < 1.29 is 58.5 Å². The standard InChI is InChI=1S/C50H74N10O12/c1-26(2)22-36-44(66)57-40(47(70)71)30(6)41(63)58-50(25-34(50)20-21-53-49(51)52)48(72)56-35(17-16-27(3)23-28(4)38(61)24-33-14-12-11-13-15-33)29(5)45(67)60(10)37(46(68)69)18-19-39(62)59(9)32(8)43(65)54-31(7)42(64)55-36/h11-17,23,26,28-31,34-38,40,61H,8,18-22,24-25H2,1-7,9-10H3,(H,54,65)(H,55,64)(H,56,72)(H,57,66)(H,58,63)(H,68,69)(H,70,71)(H4,51,52,53)/b17-16+,27-23+/t28-,29-,30-,31+,34?,35-,36-,37+,38-,40+,50?/m0/s1. The molecule has 7 amide bonds. The average molecular weight is 1010 g/mol. The Labute approximate surface area is 420 Å². The van der Waals surface area contributed by atoms with Gasteiger partial charge in [-0.3, -0.25) is 38.6 Å². The van der Waals surface area contributed by atoms with Crippen LogP contribution < -0.4 is 38.1 Å². The Morgan fingerprint density at radius 2 is 1.54 bits per heavy atom. The maximum absolute atomic E-state index is 14.8. The monoisotopic (exact) mass is 1010 g/mol. The van der Waals surface area contributed by atoms with Crippen LogP contribution in [0.15, 0.2) is 71.4 Å². The summed E-state index contributed by atoms with van der Waals surface area (Å²) in [6.07, 6.45) is 3.84. The summed E-state index contributed by atoms with van der Waals surface area (Å²) in [5.41, 5.74) is 10.5. The predicted molar refractivity (Wildman–Crippen MR) is 267 cm³/mol. The van der Waals surface area contributed by atoms with Gasteiger partial charge in [-0.25, -0.2) is 9.59 Å². The van der Waals surface area contributed by atoms with E-state index in [2.05, 4.69) is 38.2 Å². The zero-order valence-corrected chi connectivity index (χ0v) is 42.6. The molecule has 12 N–H and O–H groups in total. The highest BCUT2D eigenvalue weighted by atomic mass is 16.4. The van der Waals surface area contributed by atoms with Crippen LogP contribution in [0.3, 0.4) is 0 Å². The fourth-order valence-corrected chi connectivity index (χ4v) is 8.34. The Bertz CT molecular complexity index is 2280. The number of aliphatic hydroxyl groups is 1. The molecule has 1 aromatic rings. The second-order valence-electron chi connectivity index (χ2n) is 19.4. The second kappa shape index (κ2) is 26.4. The number of aliphatic hydroxyl groups excluding tert-OH is 1. The molecule has 0 aromatic heterocycles. The van der Waals surface area contributed by atoms with Crippen molar-refractivity contribution in [1.29, 1.82) is 0 Å². The van der Waals surface area contributed by atoms with Crippen molar-refractivity contribution in [1.82, 2.24) is 36.4 Å². The van der Waals surface area contributed by atoms with Crippen LogP contribution in [0.5, 0.6) is 0 Å². The number of carboxylic acids is 2. The lowest BCUT2D eigenvalue weighted by Gasteiger charge is -2.32. The largest absolute Gasteiger partial charge is 0.480 e. The van der Waals surface area contributed by atoms with Gasteiger partial charge in [-0.2, -0.15) is 0 Å². The van der Waals surface area contributed by atoms with Crippen molar-refractivity contribution in [3.63, 3.8) is 0 Å².